The molecular weight excluding hydrogens is 639 g/mol. The van der Waals surface area contributed by atoms with Crippen LogP contribution in [0.15, 0.2) is 174 Å². The number of hydrogen-bond acceptors (Lipinski definition) is 4. The third kappa shape index (κ3) is 4.30. The molecule has 0 amide bonds. The van der Waals surface area contributed by atoms with E-state index in [1.807, 2.05) is 35.6 Å². The van der Waals surface area contributed by atoms with E-state index < -0.39 is 0 Å². The first kappa shape index (κ1) is 28.5. The predicted octanol–water partition coefficient (Wildman–Crippen LogP) is 12.2. The Labute approximate surface area is 298 Å². The number of aliphatic imine (C=N–C) groups is 2. The van der Waals surface area contributed by atoms with Gasteiger partial charge < -0.3 is 5.32 Å². The molecule has 2 heterocycles. The molecule has 0 saturated carbocycles. The molecule has 1 aromatic heterocycles. The number of amidine groups is 2. The van der Waals surface area contributed by atoms with Crippen molar-refractivity contribution in [3.8, 4) is 33.4 Å². The molecule has 0 saturated heterocycles. The van der Waals surface area contributed by atoms with Crippen LogP contribution in [0.3, 0.4) is 0 Å². The van der Waals surface area contributed by atoms with E-state index in [0.29, 0.717) is 0 Å². The van der Waals surface area contributed by atoms with Gasteiger partial charge in [0.15, 0.2) is 5.84 Å². The zero-order chi connectivity index (χ0) is 33.5. The molecule has 0 bridgehead atoms. The number of thiophene rings is 1. The van der Waals surface area contributed by atoms with Crippen molar-refractivity contribution in [3.05, 3.63) is 180 Å². The molecule has 238 valence electrons. The molecule has 4 heteroatoms. The summed E-state index contributed by atoms with van der Waals surface area (Å²) in [7, 11) is 0. The number of hydrogen-bond donors (Lipinski definition) is 1. The summed E-state index contributed by atoms with van der Waals surface area (Å²) in [4.78, 5) is 10.2. The van der Waals surface area contributed by atoms with E-state index in [0.717, 1.165) is 33.7 Å². The Morgan fingerprint density at radius 3 is 1.84 bits per heavy atom. The second-order valence-corrected chi connectivity index (χ2v) is 14.3. The van der Waals surface area contributed by atoms with Crippen molar-refractivity contribution in [2.24, 2.45) is 9.98 Å². The third-order valence-electron chi connectivity index (χ3n) is 10.5. The topological polar surface area (TPSA) is 36.8 Å². The van der Waals surface area contributed by atoms with E-state index in [-0.39, 0.29) is 6.17 Å². The lowest BCUT2D eigenvalue weighted by molar-refractivity contribution is 0.674. The third-order valence-corrected chi connectivity index (χ3v) is 11.8. The van der Waals surface area contributed by atoms with E-state index in [2.05, 4.69) is 145 Å². The van der Waals surface area contributed by atoms with Crippen molar-refractivity contribution in [1.29, 1.82) is 0 Å². The Kier molecular flexibility index (Phi) is 6.18. The summed E-state index contributed by atoms with van der Waals surface area (Å²) >= 11 is 1.92. The highest BCUT2D eigenvalue weighted by molar-refractivity contribution is 7.27. The minimum absolute atomic E-state index is 0.251. The lowest BCUT2D eigenvalue weighted by atomic mass is 9.93. The monoisotopic (exact) mass is 667 g/mol. The molecule has 1 aliphatic heterocycles. The summed E-state index contributed by atoms with van der Waals surface area (Å²) < 4.78 is 2.67. The molecule has 1 atom stereocenters. The van der Waals surface area contributed by atoms with Crippen LogP contribution < -0.4 is 5.32 Å². The van der Waals surface area contributed by atoms with Crippen molar-refractivity contribution in [2.75, 3.05) is 0 Å². The zero-order valence-electron chi connectivity index (χ0n) is 27.5. The minimum atomic E-state index is -0.251. The van der Waals surface area contributed by atoms with Gasteiger partial charge in [0.2, 0.25) is 0 Å². The number of nitrogens with one attached hydrogen (secondary N) is 1. The van der Waals surface area contributed by atoms with Crippen molar-refractivity contribution in [1.82, 2.24) is 5.32 Å². The van der Waals surface area contributed by atoms with Gasteiger partial charge >= 0.3 is 0 Å². The van der Waals surface area contributed by atoms with Gasteiger partial charge in [-0.2, -0.15) is 0 Å². The van der Waals surface area contributed by atoms with E-state index >= 15 is 0 Å². The molecule has 51 heavy (non-hydrogen) atoms. The zero-order valence-corrected chi connectivity index (χ0v) is 28.3. The van der Waals surface area contributed by atoms with Crippen LogP contribution in [0.5, 0.6) is 0 Å². The average molecular weight is 668 g/mol. The van der Waals surface area contributed by atoms with Crippen LogP contribution in [-0.2, 0) is 0 Å². The smallest absolute Gasteiger partial charge is 0.159 e. The van der Waals surface area contributed by atoms with Crippen LogP contribution in [0.1, 0.15) is 22.9 Å². The van der Waals surface area contributed by atoms with Crippen LogP contribution in [-0.4, -0.2) is 11.7 Å². The molecule has 0 fully saturated rings. The lowest BCUT2D eigenvalue weighted by Gasteiger charge is -2.24. The molecule has 1 unspecified atom stereocenters. The Hall–Kier alpha value is -6.36. The highest BCUT2D eigenvalue weighted by Crippen LogP contribution is 2.52. The maximum atomic E-state index is 5.15. The maximum Gasteiger partial charge on any atom is 0.159 e. The Morgan fingerprint density at radius 2 is 1.04 bits per heavy atom. The molecule has 0 radical (unpaired) electrons. The van der Waals surface area contributed by atoms with Crippen LogP contribution in [0.2, 0.25) is 0 Å². The first-order chi connectivity index (χ1) is 25.3. The summed E-state index contributed by atoms with van der Waals surface area (Å²) in [5.41, 5.74) is 11.0. The van der Waals surface area contributed by atoms with Crippen LogP contribution >= 0.6 is 11.3 Å². The molecule has 0 spiro atoms. The molecule has 1 N–H and O–H groups in total. The maximum absolute atomic E-state index is 5.15. The SMILES string of the molecule is c1ccc(C2=NC(c3ccccc3)NC(c3ccc(-c4cccc5c4sc4c6cccc7c6c(cc54)-c4ccccc4-7)c4ccccc34)=N2)cc1. The summed E-state index contributed by atoms with van der Waals surface area (Å²) in [6.07, 6.45) is -0.251. The van der Waals surface area contributed by atoms with Gasteiger partial charge in [0, 0.05) is 42.2 Å². The first-order valence-corrected chi connectivity index (χ1v) is 18.2. The fraction of sp³-hybridized carbons (Fsp3) is 0.0213. The summed E-state index contributed by atoms with van der Waals surface area (Å²) in [6, 6.07) is 58.8. The van der Waals surface area contributed by atoms with Gasteiger partial charge in [0.25, 0.3) is 0 Å². The molecule has 3 nitrogen and oxygen atoms in total. The average Bonchev–Trinajstić information content (AvgIpc) is 3.75. The number of nitrogens with zero attached hydrogens (tertiary/aromatic N) is 2. The standard InChI is InChI=1S/C47H29N3S/c1-3-13-28(14-4-1)45-48-46(29-15-5-2-6-16-29)50-47(49-45)38-26-25-34(30-17-7-9-19-32(30)38)36-22-12-23-37-41-27-40-33-20-10-8-18-31(33)35-21-11-24-39(42(35)40)44(41)51-43(36)37/h1-27,45H,(H,48,49,50). The van der Waals surface area contributed by atoms with Crippen LogP contribution in [0, 0.1) is 0 Å². The Balaban J connectivity index is 1.10. The Bertz CT molecular complexity index is 2940. The minimum Gasteiger partial charge on any atom is -0.344 e. The van der Waals surface area contributed by atoms with Gasteiger partial charge in [-0.05, 0) is 55.6 Å². The Morgan fingerprint density at radius 1 is 0.431 bits per heavy atom. The second-order valence-electron chi connectivity index (χ2n) is 13.3. The molecule has 1 aliphatic carbocycles. The molecular formula is C47H29N3S. The van der Waals surface area contributed by atoms with E-state index in [1.54, 1.807) is 0 Å². The van der Waals surface area contributed by atoms with Crippen molar-refractivity contribution < 1.29 is 0 Å². The quantitative estimate of drug-likeness (QED) is 0.199. The van der Waals surface area contributed by atoms with Crippen molar-refractivity contribution in [2.45, 2.75) is 6.17 Å². The highest BCUT2D eigenvalue weighted by atomic mass is 32.1. The van der Waals surface area contributed by atoms with Crippen LogP contribution in [0.25, 0.3) is 75.1 Å². The van der Waals surface area contributed by atoms with Crippen molar-refractivity contribution >= 4 is 64.7 Å². The van der Waals surface area contributed by atoms with Gasteiger partial charge in [0.1, 0.15) is 12.0 Å². The fourth-order valence-corrected chi connectivity index (χ4v) is 9.52. The van der Waals surface area contributed by atoms with Gasteiger partial charge in [-0.3, -0.25) is 0 Å². The first-order valence-electron chi connectivity index (χ1n) is 17.4. The van der Waals surface area contributed by atoms with Gasteiger partial charge in [-0.1, -0.05) is 158 Å². The highest BCUT2D eigenvalue weighted by Gasteiger charge is 2.26. The van der Waals surface area contributed by atoms with Crippen molar-refractivity contribution in [3.63, 3.8) is 0 Å². The fourth-order valence-electron chi connectivity index (χ4n) is 8.18. The van der Waals surface area contributed by atoms with Gasteiger partial charge in [-0.25, -0.2) is 9.98 Å². The number of benzene rings is 8. The normalized spacial score (nSPS) is 14.9. The van der Waals surface area contributed by atoms with E-state index in [4.69, 9.17) is 9.98 Å². The van der Waals surface area contributed by atoms with E-state index in [1.165, 1.54) is 69.7 Å². The largest absolute Gasteiger partial charge is 0.344 e. The lowest BCUT2D eigenvalue weighted by Crippen LogP contribution is -2.33. The molecule has 11 rings (SSSR count). The summed E-state index contributed by atoms with van der Waals surface area (Å²) in [5.74, 6) is 1.55. The number of rotatable bonds is 4. The molecule has 8 aromatic carbocycles. The van der Waals surface area contributed by atoms with Gasteiger partial charge in [-0.15, -0.1) is 11.3 Å². The number of fused-ring (bicyclic) bond motifs is 8. The van der Waals surface area contributed by atoms with Gasteiger partial charge in [0.05, 0.1) is 0 Å². The molecule has 9 aromatic rings. The molecule has 2 aliphatic rings. The van der Waals surface area contributed by atoms with Crippen LogP contribution in [0.4, 0.5) is 0 Å². The summed E-state index contributed by atoms with van der Waals surface area (Å²) in [5, 5.41) is 11.4. The second kappa shape index (κ2) is 11.1. The predicted molar refractivity (Wildman–Crippen MR) is 216 cm³/mol. The summed E-state index contributed by atoms with van der Waals surface area (Å²) in [6.45, 7) is 0. The van der Waals surface area contributed by atoms with E-state index in [9.17, 15) is 0 Å².